The molecule has 2 atom stereocenters. The van der Waals surface area contributed by atoms with Gasteiger partial charge in [0.1, 0.15) is 0 Å². The third-order valence-corrected chi connectivity index (χ3v) is 5.09. The number of hydrogen-bond donors (Lipinski definition) is 1. The Morgan fingerprint density at radius 1 is 1.16 bits per heavy atom. The minimum Gasteiger partial charge on any atom is -0.340 e. The lowest BCUT2D eigenvalue weighted by Crippen LogP contribution is -2.55. The summed E-state index contributed by atoms with van der Waals surface area (Å²) in [4.78, 5) is 30.9. The highest BCUT2D eigenvalue weighted by molar-refractivity contribution is 5.99. The monoisotopic (exact) mass is 366 g/mol. The van der Waals surface area contributed by atoms with Crippen LogP contribution in [0.2, 0.25) is 0 Å². The summed E-state index contributed by atoms with van der Waals surface area (Å²) in [6.07, 6.45) is 0.848. The Morgan fingerprint density at radius 2 is 1.80 bits per heavy atom. The van der Waals surface area contributed by atoms with Crippen LogP contribution in [0.15, 0.2) is 30.3 Å². The van der Waals surface area contributed by atoms with Crippen LogP contribution in [0.4, 0.5) is 5.69 Å². The lowest BCUT2D eigenvalue weighted by Gasteiger charge is -2.38. The molecule has 6 nitrogen and oxygen atoms in total. The van der Waals surface area contributed by atoms with Gasteiger partial charge in [-0.05, 0) is 18.6 Å². The second-order valence-electron chi connectivity index (χ2n) is 6.63. The van der Waals surface area contributed by atoms with E-state index in [-0.39, 0.29) is 36.2 Å². The van der Waals surface area contributed by atoms with E-state index in [1.807, 2.05) is 47.1 Å². The summed E-state index contributed by atoms with van der Waals surface area (Å²) in [7, 11) is 0. The molecule has 1 aromatic rings. The van der Waals surface area contributed by atoms with Crippen LogP contribution < -0.4 is 10.6 Å². The van der Waals surface area contributed by atoms with Crippen LogP contribution in [0, 0.1) is 5.92 Å². The van der Waals surface area contributed by atoms with Crippen LogP contribution >= 0.6 is 12.4 Å². The Bertz CT molecular complexity index is 590. The molecule has 0 aliphatic carbocycles. The van der Waals surface area contributed by atoms with Crippen molar-refractivity contribution in [2.24, 2.45) is 11.7 Å². The molecule has 2 saturated heterocycles. The molecule has 0 saturated carbocycles. The summed E-state index contributed by atoms with van der Waals surface area (Å²) in [5.41, 5.74) is 6.56. The van der Waals surface area contributed by atoms with E-state index < -0.39 is 0 Å². The number of benzene rings is 1. The molecule has 3 rings (SSSR count). The van der Waals surface area contributed by atoms with Gasteiger partial charge in [0.05, 0.1) is 6.04 Å². The van der Waals surface area contributed by atoms with Crippen molar-refractivity contribution in [1.29, 1.82) is 0 Å². The standard InChI is InChI=1S/C18H26N4O2.ClH/c1-14(13-19)17(23)21-11-9-20(10-12-21)16-7-8-22(18(16)24)15-5-3-2-4-6-15;/h2-6,14,16H,7-13,19H2,1H3;1H. The maximum atomic E-state index is 12.8. The number of para-hydroxylation sites is 1. The quantitative estimate of drug-likeness (QED) is 0.861. The van der Waals surface area contributed by atoms with Crippen molar-refractivity contribution >= 4 is 29.9 Å². The molecule has 2 fully saturated rings. The van der Waals surface area contributed by atoms with Gasteiger partial charge in [0.15, 0.2) is 0 Å². The van der Waals surface area contributed by atoms with Gasteiger partial charge >= 0.3 is 0 Å². The Labute approximate surface area is 155 Å². The molecule has 2 amide bonds. The fourth-order valence-corrected chi connectivity index (χ4v) is 3.53. The molecule has 25 heavy (non-hydrogen) atoms. The predicted octanol–water partition coefficient (Wildman–Crippen LogP) is 0.953. The van der Waals surface area contributed by atoms with Crippen molar-refractivity contribution in [2.45, 2.75) is 19.4 Å². The molecular formula is C18H27ClN4O2. The van der Waals surface area contributed by atoms with Crippen molar-refractivity contribution in [1.82, 2.24) is 9.80 Å². The molecule has 0 aromatic heterocycles. The van der Waals surface area contributed by atoms with Crippen LogP contribution in [0.1, 0.15) is 13.3 Å². The molecule has 2 unspecified atom stereocenters. The average molecular weight is 367 g/mol. The highest BCUT2D eigenvalue weighted by Gasteiger charge is 2.38. The minimum absolute atomic E-state index is 0. The highest BCUT2D eigenvalue weighted by Crippen LogP contribution is 2.25. The van der Waals surface area contributed by atoms with E-state index in [4.69, 9.17) is 5.73 Å². The summed E-state index contributed by atoms with van der Waals surface area (Å²) in [5.74, 6) is 0.176. The molecule has 0 spiro atoms. The van der Waals surface area contributed by atoms with E-state index in [1.54, 1.807) is 0 Å². The van der Waals surface area contributed by atoms with Gasteiger partial charge in [0.25, 0.3) is 0 Å². The van der Waals surface area contributed by atoms with Crippen molar-refractivity contribution < 1.29 is 9.59 Å². The lowest BCUT2D eigenvalue weighted by atomic mass is 10.1. The molecule has 2 aliphatic heterocycles. The van der Waals surface area contributed by atoms with Crippen molar-refractivity contribution in [3.8, 4) is 0 Å². The van der Waals surface area contributed by atoms with Gasteiger partial charge in [-0.1, -0.05) is 25.1 Å². The smallest absolute Gasteiger partial charge is 0.244 e. The first-order valence-electron chi connectivity index (χ1n) is 8.71. The number of nitrogens with zero attached hydrogens (tertiary/aromatic N) is 3. The van der Waals surface area contributed by atoms with E-state index >= 15 is 0 Å². The maximum Gasteiger partial charge on any atom is 0.244 e. The molecule has 1 aromatic carbocycles. The van der Waals surface area contributed by atoms with E-state index in [1.165, 1.54) is 0 Å². The molecule has 2 heterocycles. The molecule has 0 bridgehead atoms. The molecule has 2 aliphatic rings. The summed E-state index contributed by atoms with van der Waals surface area (Å²) in [6.45, 7) is 5.87. The number of hydrogen-bond acceptors (Lipinski definition) is 4. The van der Waals surface area contributed by atoms with Gasteiger partial charge in [0.2, 0.25) is 11.8 Å². The van der Waals surface area contributed by atoms with Crippen LogP contribution in [0.3, 0.4) is 0 Å². The number of piperazine rings is 1. The highest BCUT2D eigenvalue weighted by atomic mass is 35.5. The van der Waals surface area contributed by atoms with Gasteiger partial charge in [0, 0.05) is 50.9 Å². The largest absolute Gasteiger partial charge is 0.340 e. The number of amides is 2. The molecule has 2 N–H and O–H groups in total. The van der Waals surface area contributed by atoms with Crippen LogP contribution in [-0.4, -0.2) is 66.9 Å². The van der Waals surface area contributed by atoms with Gasteiger partial charge in [-0.3, -0.25) is 14.5 Å². The summed E-state index contributed by atoms with van der Waals surface area (Å²) in [5, 5.41) is 0. The Morgan fingerprint density at radius 3 is 2.40 bits per heavy atom. The Hall–Kier alpha value is -1.63. The number of carbonyl (C=O) groups excluding carboxylic acids is 2. The average Bonchev–Trinajstić information content (AvgIpc) is 3.02. The first-order chi connectivity index (χ1) is 11.6. The summed E-state index contributed by atoms with van der Waals surface area (Å²) < 4.78 is 0. The lowest BCUT2D eigenvalue weighted by molar-refractivity contribution is -0.137. The van der Waals surface area contributed by atoms with E-state index in [0.717, 1.165) is 31.7 Å². The van der Waals surface area contributed by atoms with E-state index in [9.17, 15) is 9.59 Å². The number of carbonyl (C=O) groups is 2. The fourth-order valence-electron chi connectivity index (χ4n) is 3.53. The van der Waals surface area contributed by atoms with Crippen molar-refractivity contribution in [3.05, 3.63) is 30.3 Å². The van der Waals surface area contributed by atoms with Crippen LogP contribution in [-0.2, 0) is 9.59 Å². The number of nitrogens with two attached hydrogens (primary N) is 1. The summed E-state index contributed by atoms with van der Waals surface area (Å²) in [6, 6.07) is 9.77. The second-order valence-corrected chi connectivity index (χ2v) is 6.63. The minimum atomic E-state index is -0.127. The van der Waals surface area contributed by atoms with Gasteiger partial charge < -0.3 is 15.5 Å². The summed E-state index contributed by atoms with van der Waals surface area (Å²) >= 11 is 0. The van der Waals surface area contributed by atoms with Crippen molar-refractivity contribution in [2.75, 3.05) is 44.2 Å². The maximum absolute atomic E-state index is 12.8. The number of halogens is 1. The number of rotatable bonds is 4. The van der Waals surface area contributed by atoms with Crippen molar-refractivity contribution in [3.63, 3.8) is 0 Å². The van der Waals surface area contributed by atoms with Gasteiger partial charge in [-0.2, -0.15) is 0 Å². The third-order valence-electron chi connectivity index (χ3n) is 5.09. The first kappa shape index (κ1) is 19.7. The zero-order valence-corrected chi connectivity index (χ0v) is 15.5. The van der Waals surface area contributed by atoms with E-state index in [2.05, 4.69) is 4.90 Å². The second kappa shape index (κ2) is 8.65. The van der Waals surface area contributed by atoms with Gasteiger partial charge in [-0.25, -0.2) is 0 Å². The Kier molecular flexibility index (Phi) is 6.81. The Balaban J connectivity index is 0.00000225. The molecule has 7 heteroatoms. The SMILES string of the molecule is CC(CN)C(=O)N1CCN(C2CCN(c3ccccc3)C2=O)CC1.Cl. The molecular weight excluding hydrogens is 340 g/mol. The first-order valence-corrected chi connectivity index (χ1v) is 8.71. The molecule has 138 valence electrons. The zero-order chi connectivity index (χ0) is 17.1. The predicted molar refractivity (Wildman–Crippen MR) is 101 cm³/mol. The molecule has 0 radical (unpaired) electrons. The van der Waals surface area contributed by atoms with E-state index in [0.29, 0.717) is 19.6 Å². The normalized spacial score (nSPS) is 22.6. The van der Waals surface area contributed by atoms with Crippen LogP contribution in [0.25, 0.3) is 0 Å². The zero-order valence-electron chi connectivity index (χ0n) is 14.6. The fraction of sp³-hybridized carbons (Fsp3) is 0.556. The van der Waals surface area contributed by atoms with Gasteiger partial charge in [-0.15, -0.1) is 12.4 Å². The third kappa shape index (κ3) is 4.14. The number of anilines is 1. The van der Waals surface area contributed by atoms with Crippen LogP contribution in [0.5, 0.6) is 0 Å². The topological polar surface area (TPSA) is 69.9 Å².